The van der Waals surface area contributed by atoms with E-state index in [2.05, 4.69) is 41.4 Å². The Hall–Kier alpha value is -3.13. The van der Waals surface area contributed by atoms with Gasteiger partial charge >= 0.3 is 0 Å². The van der Waals surface area contributed by atoms with Crippen LogP contribution in [0.5, 0.6) is 0 Å². The lowest BCUT2D eigenvalue weighted by molar-refractivity contribution is -0.131. The Balaban J connectivity index is 1.69. The van der Waals surface area contributed by atoms with E-state index >= 15 is 0 Å². The Morgan fingerprint density at radius 1 is 1.24 bits per heavy atom. The lowest BCUT2D eigenvalue weighted by Gasteiger charge is -2.41. The Kier molecular flexibility index (Phi) is 4.66. The first-order chi connectivity index (χ1) is 13.8. The van der Waals surface area contributed by atoms with E-state index in [1.165, 1.54) is 28.5 Å². The molecule has 2 aromatic carbocycles. The number of nitrogens with one attached hydrogen (secondary N) is 2. The van der Waals surface area contributed by atoms with Gasteiger partial charge in [0, 0.05) is 5.56 Å². The molecule has 1 aliphatic heterocycles. The number of carbonyl (C=O) groups is 1. The molecule has 2 aliphatic rings. The highest BCUT2D eigenvalue weighted by Crippen LogP contribution is 2.40. The van der Waals surface area contributed by atoms with Gasteiger partial charge in [0.05, 0.1) is 18.5 Å². The van der Waals surface area contributed by atoms with Gasteiger partial charge in [-0.05, 0) is 73.2 Å². The average molecular weight is 389 g/mol. The number of nitrogens with zero attached hydrogens (tertiary/aromatic N) is 1. The third-order valence-electron chi connectivity index (χ3n) is 5.70. The third-order valence-corrected chi connectivity index (χ3v) is 5.70. The van der Waals surface area contributed by atoms with Crippen molar-refractivity contribution in [3.05, 3.63) is 58.7 Å². The number of rotatable bonds is 3. The van der Waals surface area contributed by atoms with Crippen LogP contribution >= 0.6 is 0 Å². The van der Waals surface area contributed by atoms with Crippen molar-refractivity contribution in [2.24, 2.45) is 0 Å². The van der Waals surface area contributed by atoms with Crippen LogP contribution < -0.4 is 5.32 Å². The van der Waals surface area contributed by atoms with Crippen LogP contribution in [-0.2, 0) is 16.8 Å². The normalized spacial score (nSPS) is 21.0. The number of carbonyl (C=O) groups excluding carboxylic acids is 1. The van der Waals surface area contributed by atoms with Gasteiger partial charge in [-0.1, -0.05) is 24.1 Å². The van der Waals surface area contributed by atoms with Crippen molar-refractivity contribution in [3.8, 4) is 23.0 Å². The summed E-state index contributed by atoms with van der Waals surface area (Å²) in [4.78, 5) is 13.8. The maximum absolute atomic E-state index is 13.4. The molecule has 2 N–H and O–H groups in total. The van der Waals surface area contributed by atoms with Crippen LogP contribution in [0.1, 0.15) is 49.4 Å². The van der Waals surface area contributed by atoms with Crippen LogP contribution in [0.2, 0.25) is 0 Å². The summed E-state index contributed by atoms with van der Waals surface area (Å²) in [5, 5.41) is 11.4. The smallest absolute Gasteiger partial charge is 0.232 e. The standard InChI is InChI=1S/C24H24FN3O/c1-4-5-16-6-7-17-11-18-8-9-19(12-21(18)20(17)10-16)24(3)13-22(29)28(14-15(2)25)23(26)27-24/h6-10,12,15H,11,13-14H2,1-3H3,(H2,26,27)/t15?,24-/m0/s1. The molecule has 4 rings (SSSR count). The Labute approximate surface area is 170 Å². The molecule has 0 bridgehead atoms. The summed E-state index contributed by atoms with van der Waals surface area (Å²) in [6.45, 7) is 5.04. The molecule has 148 valence electrons. The van der Waals surface area contributed by atoms with Crippen molar-refractivity contribution >= 4 is 11.9 Å². The topological polar surface area (TPSA) is 56.2 Å². The fourth-order valence-electron chi connectivity index (χ4n) is 4.25. The fraction of sp³-hybridized carbons (Fsp3) is 0.333. The minimum absolute atomic E-state index is 0.0466. The molecule has 1 heterocycles. The molecule has 4 nitrogen and oxygen atoms in total. The molecule has 0 spiro atoms. The fourth-order valence-corrected chi connectivity index (χ4v) is 4.25. The van der Waals surface area contributed by atoms with Gasteiger partial charge in [-0.15, -0.1) is 5.92 Å². The predicted octanol–water partition coefficient (Wildman–Crippen LogP) is 3.96. The summed E-state index contributed by atoms with van der Waals surface area (Å²) in [6.07, 6.45) is -0.122. The number of hydrogen-bond acceptors (Lipinski definition) is 2. The van der Waals surface area contributed by atoms with E-state index in [-0.39, 0.29) is 24.8 Å². The van der Waals surface area contributed by atoms with Gasteiger partial charge in [0.1, 0.15) is 6.17 Å². The summed E-state index contributed by atoms with van der Waals surface area (Å²) in [6, 6.07) is 12.5. The second-order valence-corrected chi connectivity index (χ2v) is 8.06. The molecule has 1 amide bonds. The van der Waals surface area contributed by atoms with E-state index < -0.39 is 11.7 Å². The molecule has 1 aliphatic carbocycles. The van der Waals surface area contributed by atoms with Crippen LogP contribution in [0.3, 0.4) is 0 Å². The molecule has 29 heavy (non-hydrogen) atoms. The Morgan fingerprint density at radius 3 is 2.59 bits per heavy atom. The minimum atomic E-state index is -1.18. The lowest BCUT2D eigenvalue weighted by Crippen LogP contribution is -2.60. The molecule has 1 saturated heterocycles. The molecule has 2 aromatic rings. The van der Waals surface area contributed by atoms with E-state index in [0.717, 1.165) is 23.1 Å². The van der Waals surface area contributed by atoms with Gasteiger partial charge in [-0.2, -0.15) is 0 Å². The number of alkyl halides is 1. The van der Waals surface area contributed by atoms with Gasteiger partial charge in [-0.3, -0.25) is 15.1 Å². The van der Waals surface area contributed by atoms with Crippen molar-refractivity contribution in [2.45, 2.75) is 45.3 Å². The second-order valence-electron chi connectivity index (χ2n) is 8.06. The van der Waals surface area contributed by atoms with Crippen molar-refractivity contribution in [1.82, 2.24) is 10.2 Å². The molecular weight excluding hydrogens is 365 g/mol. The van der Waals surface area contributed by atoms with Gasteiger partial charge in [0.2, 0.25) is 5.91 Å². The summed E-state index contributed by atoms with van der Waals surface area (Å²) >= 11 is 0. The first kappa shape index (κ1) is 19.2. The SMILES string of the molecule is CC#Cc1ccc2c(c1)-c1cc([C@]3(C)CC(=O)N(CC(C)F)C(=N)N3)ccc1C2. The number of halogens is 1. The maximum Gasteiger partial charge on any atom is 0.232 e. The van der Waals surface area contributed by atoms with Crippen LogP contribution in [0.15, 0.2) is 36.4 Å². The van der Waals surface area contributed by atoms with E-state index in [1.54, 1.807) is 0 Å². The molecule has 1 unspecified atom stereocenters. The summed E-state index contributed by atoms with van der Waals surface area (Å²) in [5.74, 6) is 5.78. The second kappa shape index (κ2) is 7.04. The zero-order valence-electron chi connectivity index (χ0n) is 16.9. The van der Waals surface area contributed by atoms with E-state index in [0.29, 0.717) is 0 Å². The summed E-state index contributed by atoms with van der Waals surface area (Å²) < 4.78 is 13.4. The summed E-state index contributed by atoms with van der Waals surface area (Å²) in [7, 11) is 0. The lowest BCUT2D eigenvalue weighted by atomic mass is 9.84. The zero-order valence-corrected chi connectivity index (χ0v) is 16.9. The number of hydrogen-bond donors (Lipinski definition) is 2. The number of benzene rings is 2. The van der Waals surface area contributed by atoms with Crippen molar-refractivity contribution < 1.29 is 9.18 Å². The van der Waals surface area contributed by atoms with Crippen LogP contribution in [0.25, 0.3) is 11.1 Å². The molecular formula is C24H24FN3O. The molecule has 2 atom stereocenters. The number of fused-ring (bicyclic) bond motifs is 3. The molecule has 1 fully saturated rings. The van der Waals surface area contributed by atoms with Gasteiger partial charge in [0.25, 0.3) is 0 Å². The molecule has 0 radical (unpaired) electrons. The quantitative estimate of drug-likeness (QED) is 0.666. The van der Waals surface area contributed by atoms with Crippen molar-refractivity contribution in [2.75, 3.05) is 6.54 Å². The number of amides is 1. The highest BCUT2D eigenvalue weighted by atomic mass is 19.1. The Morgan fingerprint density at radius 2 is 1.93 bits per heavy atom. The first-order valence-electron chi connectivity index (χ1n) is 9.81. The first-order valence-corrected chi connectivity index (χ1v) is 9.81. The molecule has 5 heteroatoms. The zero-order chi connectivity index (χ0) is 20.8. The van der Waals surface area contributed by atoms with Crippen LogP contribution in [0, 0.1) is 17.3 Å². The van der Waals surface area contributed by atoms with E-state index in [1.807, 2.05) is 26.0 Å². The van der Waals surface area contributed by atoms with Gasteiger partial charge in [-0.25, -0.2) is 4.39 Å². The largest absolute Gasteiger partial charge is 0.346 e. The van der Waals surface area contributed by atoms with E-state index in [9.17, 15) is 9.18 Å². The average Bonchev–Trinajstić information content (AvgIpc) is 3.02. The van der Waals surface area contributed by atoms with Crippen molar-refractivity contribution in [1.29, 1.82) is 5.41 Å². The molecule has 0 saturated carbocycles. The van der Waals surface area contributed by atoms with Crippen LogP contribution in [0.4, 0.5) is 4.39 Å². The minimum Gasteiger partial charge on any atom is -0.346 e. The summed E-state index contributed by atoms with van der Waals surface area (Å²) in [5.41, 5.74) is 6.08. The predicted molar refractivity (Wildman–Crippen MR) is 112 cm³/mol. The van der Waals surface area contributed by atoms with E-state index in [4.69, 9.17) is 5.41 Å². The Bertz CT molecular complexity index is 1060. The molecule has 0 aromatic heterocycles. The third kappa shape index (κ3) is 3.40. The van der Waals surface area contributed by atoms with Gasteiger partial charge in [0.15, 0.2) is 5.96 Å². The van der Waals surface area contributed by atoms with Crippen molar-refractivity contribution in [3.63, 3.8) is 0 Å². The highest BCUT2D eigenvalue weighted by Gasteiger charge is 2.40. The number of guanidine groups is 1. The van der Waals surface area contributed by atoms with Gasteiger partial charge < -0.3 is 5.32 Å². The van der Waals surface area contributed by atoms with Crippen LogP contribution in [-0.4, -0.2) is 29.5 Å². The highest BCUT2D eigenvalue weighted by molar-refractivity contribution is 5.99. The monoisotopic (exact) mass is 389 g/mol. The maximum atomic E-state index is 13.4.